The summed E-state index contributed by atoms with van der Waals surface area (Å²) in [7, 11) is 4.84. The van der Waals surface area contributed by atoms with E-state index in [4.69, 9.17) is 23.4 Å². The molecular formula is C25H30O6. The Morgan fingerprint density at radius 3 is 2.39 bits per heavy atom. The van der Waals surface area contributed by atoms with Crippen LogP contribution in [0.4, 0.5) is 0 Å². The molecule has 166 valence electrons. The number of rotatable bonds is 10. The number of furan rings is 1. The number of esters is 1. The van der Waals surface area contributed by atoms with Gasteiger partial charge in [0.1, 0.15) is 5.76 Å². The Balaban J connectivity index is 1.79. The minimum Gasteiger partial charge on any atom is -0.493 e. The summed E-state index contributed by atoms with van der Waals surface area (Å²) in [5.74, 6) is 2.50. The van der Waals surface area contributed by atoms with E-state index >= 15 is 0 Å². The molecule has 0 radical (unpaired) electrons. The van der Waals surface area contributed by atoms with Crippen LogP contribution in [0.15, 0.2) is 40.8 Å². The highest BCUT2D eigenvalue weighted by molar-refractivity contribution is 5.88. The smallest absolute Gasteiger partial charge is 0.308 e. The van der Waals surface area contributed by atoms with Crippen molar-refractivity contribution in [1.82, 2.24) is 0 Å². The minimum absolute atomic E-state index is 0.0580. The second kappa shape index (κ2) is 10.2. The van der Waals surface area contributed by atoms with E-state index in [0.29, 0.717) is 35.2 Å². The highest BCUT2D eigenvalue weighted by Crippen LogP contribution is 2.38. The molecule has 3 aromatic rings. The molecule has 1 unspecified atom stereocenters. The van der Waals surface area contributed by atoms with Gasteiger partial charge in [0, 0.05) is 10.9 Å². The first kappa shape index (κ1) is 22.5. The quantitative estimate of drug-likeness (QED) is 0.308. The third kappa shape index (κ3) is 5.13. The van der Waals surface area contributed by atoms with Crippen molar-refractivity contribution in [3.05, 3.63) is 42.0 Å². The van der Waals surface area contributed by atoms with Gasteiger partial charge in [-0.25, -0.2) is 0 Å². The summed E-state index contributed by atoms with van der Waals surface area (Å²) < 4.78 is 27.7. The van der Waals surface area contributed by atoms with Gasteiger partial charge in [-0.1, -0.05) is 13.8 Å². The molecule has 0 aliphatic rings. The molecule has 1 atom stereocenters. The predicted molar refractivity (Wildman–Crippen MR) is 120 cm³/mol. The van der Waals surface area contributed by atoms with Crippen molar-refractivity contribution < 1.29 is 28.2 Å². The number of carbonyl (C=O) groups is 1. The lowest BCUT2D eigenvalue weighted by molar-refractivity contribution is -0.148. The van der Waals surface area contributed by atoms with Crippen LogP contribution in [0.1, 0.15) is 32.3 Å². The van der Waals surface area contributed by atoms with Crippen molar-refractivity contribution in [1.29, 1.82) is 0 Å². The van der Waals surface area contributed by atoms with Gasteiger partial charge in [0.2, 0.25) is 0 Å². The van der Waals surface area contributed by atoms with Crippen LogP contribution in [0.3, 0.4) is 0 Å². The van der Waals surface area contributed by atoms with Gasteiger partial charge in [-0.3, -0.25) is 4.79 Å². The highest BCUT2D eigenvalue weighted by atomic mass is 16.5. The largest absolute Gasteiger partial charge is 0.493 e. The van der Waals surface area contributed by atoms with Crippen molar-refractivity contribution in [2.45, 2.75) is 33.1 Å². The van der Waals surface area contributed by atoms with E-state index in [2.05, 4.69) is 6.07 Å². The third-order valence-electron chi connectivity index (χ3n) is 5.40. The number of hydrogen-bond donors (Lipinski definition) is 0. The molecule has 0 bridgehead atoms. The minimum atomic E-state index is -0.134. The van der Waals surface area contributed by atoms with Gasteiger partial charge < -0.3 is 23.4 Å². The summed E-state index contributed by atoms with van der Waals surface area (Å²) >= 11 is 0. The maximum absolute atomic E-state index is 11.8. The molecule has 0 saturated carbocycles. The molecule has 0 fully saturated rings. The lowest BCUT2D eigenvalue weighted by atomic mass is 10.1. The molecule has 6 nitrogen and oxygen atoms in total. The molecule has 0 spiro atoms. The van der Waals surface area contributed by atoms with Crippen LogP contribution in [0, 0.1) is 5.92 Å². The summed E-state index contributed by atoms with van der Waals surface area (Å²) in [6.45, 7) is 4.27. The van der Waals surface area contributed by atoms with Crippen LogP contribution in [-0.2, 0) is 16.0 Å². The summed E-state index contributed by atoms with van der Waals surface area (Å²) in [6.07, 6.45) is 2.31. The molecule has 0 aliphatic heterocycles. The van der Waals surface area contributed by atoms with E-state index in [1.165, 1.54) is 0 Å². The first-order chi connectivity index (χ1) is 15.0. The highest BCUT2D eigenvalue weighted by Gasteiger charge is 2.15. The van der Waals surface area contributed by atoms with Crippen LogP contribution in [0.5, 0.6) is 17.2 Å². The summed E-state index contributed by atoms with van der Waals surface area (Å²) in [6, 6.07) is 11.7. The van der Waals surface area contributed by atoms with E-state index in [1.54, 1.807) is 21.3 Å². The molecule has 0 aliphatic carbocycles. The van der Waals surface area contributed by atoms with Crippen LogP contribution in [-0.4, -0.2) is 33.9 Å². The van der Waals surface area contributed by atoms with Gasteiger partial charge in [-0.05, 0) is 61.2 Å². The van der Waals surface area contributed by atoms with Gasteiger partial charge in [0.15, 0.2) is 22.8 Å². The predicted octanol–water partition coefficient (Wildman–Crippen LogP) is 5.65. The Morgan fingerprint density at radius 1 is 0.968 bits per heavy atom. The van der Waals surface area contributed by atoms with Gasteiger partial charge in [0.25, 0.3) is 0 Å². The fourth-order valence-corrected chi connectivity index (χ4v) is 3.37. The zero-order valence-electron chi connectivity index (χ0n) is 18.8. The van der Waals surface area contributed by atoms with E-state index < -0.39 is 0 Å². The molecule has 0 amide bonds. The van der Waals surface area contributed by atoms with E-state index in [0.717, 1.165) is 35.8 Å². The molecule has 6 heteroatoms. The van der Waals surface area contributed by atoms with E-state index in [9.17, 15) is 4.79 Å². The molecular weight excluding hydrogens is 396 g/mol. The van der Waals surface area contributed by atoms with Crippen LogP contribution in [0.2, 0.25) is 0 Å². The molecule has 2 aromatic carbocycles. The standard InChI is InChI=1S/C25H30O6/c1-6-16(2)25(26)30-11-7-8-17-12-19-15-21(31-24(19)23(13-17)29-5)18-9-10-20(27-3)22(14-18)28-4/h9-10,12-16H,6-8,11H2,1-5H3. The van der Waals surface area contributed by atoms with Crippen molar-refractivity contribution in [2.75, 3.05) is 27.9 Å². The average Bonchev–Trinajstić information content (AvgIpc) is 3.24. The Bertz CT molecular complexity index is 1040. The van der Waals surface area contributed by atoms with E-state index in [-0.39, 0.29) is 11.9 Å². The first-order valence-electron chi connectivity index (χ1n) is 10.5. The fraction of sp³-hybridized carbons (Fsp3) is 0.400. The summed E-state index contributed by atoms with van der Waals surface area (Å²) in [5.41, 5.74) is 2.68. The van der Waals surface area contributed by atoms with Crippen LogP contribution in [0.25, 0.3) is 22.3 Å². The zero-order chi connectivity index (χ0) is 22.4. The Kier molecular flexibility index (Phi) is 7.45. The van der Waals surface area contributed by atoms with Crippen molar-refractivity contribution >= 4 is 16.9 Å². The molecule has 1 heterocycles. The maximum Gasteiger partial charge on any atom is 0.308 e. The normalized spacial score (nSPS) is 11.9. The first-order valence-corrected chi connectivity index (χ1v) is 10.5. The monoisotopic (exact) mass is 426 g/mol. The Morgan fingerprint density at radius 2 is 1.71 bits per heavy atom. The number of hydrogen-bond acceptors (Lipinski definition) is 6. The Hall–Kier alpha value is -3.15. The van der Waals surface area contributed by atoms with Gasteiger partial charge >= 0.3 is 5.97 Å². The van der Waals surface area contributed by atoms with Crippen molar-refractivity contribution in [2.24, 2.45) is 5.92 Å². The number of benzene rings is 2. The Labute approximate surface area is 183 Å². The zero-order valence-corrected chi connectivity index (χ0v) is 18.8. The average molecular weight is 427 g/mol. The lowest BCUT2D eigenvalue weighted by Crippen LogP contribution is -2.14. The van der Waals surface area contributed by atoms with Crippen LogP contribution >= 0.6 is 0 Å². The SMILES string of the molecule is CCC(C)C(=O)OCCCc1cc(OC)c2oc(-c3ccc(OC)c(OC)c3)cc2c1. The van der Waals surface area contributed by atoms with Crippen molar-refractivity contribution in [3.8, 4) is 28.6 Å². The molecule has 3 rings (SSSR count). The van der Waals surface area contributed by atoms with Gasteiger partial charge in [0.05, 0.1) is 33.9 Å². The molecule has 1 aromatic heterocycles. The fourth-order valence-electron chi connectivity index (χ4n) is 3.37. The number of fused-ring (bicyclic) bond motifs is 1. The number of carbonyl (C=O) groups excluding carboxylic acids is 1. The van der Waals surface area contributed by atoms with Crippen molar-refractivity contribution in [3.63, 3.8) is 0 Å². The molecule has 0 N–H and O–H groups in total. The number of ether oxygens (including phenoxy) is 4. The second-order valence-electron chi connectivity index (χ2n) is 7.48. The topological polar surface area (TPSA) is 67.1 Å². The summed E-state index contributed by atoms with van der Waals surface area (Å²) in [4.78, 5) is 11.8. The van der Waals surface area contributed by atoms with Crippen LogP contribution < -0.4 is 14.2 Å². The molecule has 31 heavy (non-hydrogen) atoms. The summed E-state index contributed by atoms with van der Waals surface area (Å²) in [5, 5.41) is 0.954. The van der Waals surface area contributed by atoms with Gasteiger partial charge in [-0.2, -0.15) is 0 Å². The molecule has 0 saturated heterocycles. The number of aryl methyl sites for hydroxylation is 1. The number of methoxy groups -OCH3 is 3. The second-order valence-corrected chi connectivity index (χ2v) is 7.48. The maximum atomic E-state index is 11.8. The van der Waals surface area contributed by atoms with E-state index in [1.807, 2.05) is 44.2 Å². The third-order valence-corrected chi connectivity index (χ3v) is 5.40. The van der Waals surface area contributed by atoms with Gasteiger partial charge in [-0.15, -0.1) is 0 Å². The lowest BCUT2D eigenvalue weighted by Gasteiger charge is -2.09.